The van der Waals surface area contributed by atoms with E-state index in [0.717, 1.165) is 6.92 Å². The molecule has 13 nitrogen and oxygen atoms in total. The average Bonchev–Trinajstić information content (AvgIpc) is 2.48. The molecule has 0 atom stereocenters. The molecule has 0 saturated carbocycles. The van der Waals surface area contributed by atoms with Crippen molar-refractivity contribution in [1.82, 2.24) is 20.6 Å². The van der Waals surface area contributed by atoms with Crippen molar-refractivity contribution < 1.29 is 42.9 Å². The van der Waals surface area contributed by atoms with E-state index in [2.05, 4.69) is 29.7 Å². The summed E-state index contributed by atoms with van der Waals surface area (Å²) in [6.07, 6.45) is -1.67. The fraction of sp³-hybridized carbons (Fsp3) is 0.667. The predicted molar refractivity (Wildman–Crippen MR) is 51.6 cm³/mol. The lowest BCUT2D eigenvalue weighted by molar-refractivity contribution is -0.0191. The van der Waals surface area contributed by atoms with Crippen LogP contribution in [0.3, 0.4) is 0 Å². The van der Waals surface area contributed by atoms with E-state index in [0.29, 0.717) is 0 Å². The smallest absolute Gasteiger partial charge is 0.471 e. The second kappa shape index (κ2) is 6.87. The second-order valence-electron chi connectivity index (χ2n) is 2.48. The molecule has 1 aromatic heterocycles. The highest BCUT2D eigenvalue weighted by Crippen LogP contribution is 2.43. The van der Waals surface area contributed by atoms with Gasteiger partial charge < -0.3 is 24.7 Å². The van der Waals surface area contributed by atoms with Crippen LogP contribution < -0.4 is 0 Å². The van der Waals surface area contributed by atoms with Gasteiger partial charge >= 0.3 is 21.7 Å². The predicted octanol–water partition coefficient (Wildman–Crippen LogP) is -1.54. The number of aromatic amines is 1. The van der Waals surface area contributed by atoms with Gasteiger partial charge in [-0.05, 0) is 17.4 Å². The molecule has 18 heavy (non-hydrogen) atoms. The van der Waals surface area contributed by atoms with Crippen molar-refractivity contribution in [1.29, 1.82) is 0 Å². The van der Waals surface area contributed by atoms with Crippen LogP contribution in [-0.4, -0.2) is 51.6 Å². The highest BCUT2D eigenvalue weighted by Gasteiger charge is 2.25. The maximum absolute atomic E-state index is 10.1. The fourth-order valence-corrected chi connectivity index (χ4v) is 1.49. The lowest BCUT2D eigenvalue weighted by atomic mass is 10.8. The minimum absolute atomic E-state index is 0.255. The van der Waals surface area contributed by atoms with Crippen molar-refractivity contribution in [2.75, 3.05) is 0 Å². The normalized spacial score (nSPS) is 12.1. The van der Waals surface area contributed by atoms with E-state index in [1.54, 1.807) is 0 Å². The van der Waals surface area contributed by atoms with Gasteiger partial charge in [0.25, 0.3) is 0 Å². The zero-order valence-electron chi connectivity index (χ0n) is 8.68. The number of aromatic hydroxyl groups is 1. The molecular weight excluding hydrogens is 298 g/mol. The Morgan fingerprint density at radius 2 is 1.61 bits per heavy atom. The average molecular weight is 308 g/mol. The second-order valence-corrected chi connectivity index (χ2v) is 4.87. The van der Waals surface area contributed by atoms with E-state index >= 15 is 0 Å². The van der Waals surface area contributed by atoms with E-state index < -0.39 is 21.9 Å². The standard InChI is InChI=1S/C2H8O8P2.CH2N4O/c1-2(9-11(3,4)5)10-12(6,7)8;6-1-2-4-5-3-1/h2H,1H3,(H2,3,4,5)(H2,6,7,8);(H2,2,3,4,5,6). The molecule has 6 N–H and O–H groups in total. The zero-order valence-corrected chi connectivity index (χ0v) is 10.5. The molecule has 0 aliphatic carbocycles. The Morgan fingerprint density at radius 3 is 1.78 bits per heavy atom. The van der Waals surface area contributed by atoms with E-state index in [1.165, 1.54) is 0 Å². The topological polar surface area (TPSA) is 208 Å². The molecule has 0 bridgehead atoms. The molecule has 0 radical (unpaired) electrons. The summed E-state index contributed by atoms with van der Waals surface area (Å²) < 4.78 is 27.7. The molecule has 106 valence electrons. The first kappa shape index (κ1) is 17.1. The van der Waals surface area contributed by atoms with Gasteiger partial charge in [-0.15, -0.1) is 0 Å². The Labute approximate surface area is 99.2 Å². The number of tetrazole rings is 1. The molecule has 0 aromatic carbocycles. The number of H-pyrrole nitrogens is 1. The molecule has 0 unspecified atom stereocenters. The first-order valence-electron chi connectivity index (χ1n) is 3.90. The number of nitrogens with zero attached hydrogens (tertiary/aromatic N) is 3. The summed E-state index contributed by atoms with van der Waals surface area (Å²) >= 11 is 0. The first-order chi connectivity index (χ1) is 7.99. The summed E-state index contributed by atoms with van der Waals surface area (Å²) in [7, 11) is -9.55. The lowest BCUT2D eigenvalue weighted by Gasteiger charge is -2.14. The highest BCUT2D eigenvalue weighted by molar-refractivity contribution is 7.47. The number of phosphoric acid groups is 2. The van der Waals surface area contributed by atoms with Crippen LogP contribution in [0.15, 0.2) is 0 Å². The fourth-order valence-electron chi connectivity index (χ4n) is 0.560. The van der Waals surface area contributed by atoms with Crippen molar-refractivity contribution in [2.45, 2.75) is 13.2 Å². The third-order valence-electron chi connectivity index (χ3n) is 0.906. The van der Waals surface area contributed by atoms with Crippen LogP contribution in [-0.2, 0) is 18.2 Å². The molecule has 0 spiro atoms. The van der Waals surface area contributed by atoms with Crippen LogP contribution in [0, 0.1) is 0 Å². The molecule has 0 amide bonds. The lowest BCUT2D eigenvalue weighted by Crippen LogP contribution is -2.09. The van der Waals surface area contributed by atoms with Gasteiger partial charge in [0.05, 0.1) is 0 Å². The van der Waals surface area contributed by atoms with E-state index in [1.807, 2.05) is 0 Å². The Kier molecular flexibility index (Phi) is 6.52. The van der Waals surface area contributed by atoms with Gasteiger partial charge in [-0.3, -0.25) is 9.05 Å². The summed E-state index contributed by atoms with van der Waals surface area (Å²) in [5, 5.41) is 19.4. The Balaban J connectivity index is 0.000000397. The van der Waals surface area contributed by atoms with Crippen LogP contribution in [0.25, 0.3) is 0 Å². The number of nitrogens with one attached hydrogen (secondary N) is 1. The maximum Gasteiger partial charge on any atom is 0.471 e. The van der Waals surface area contributed by atoms with Gasteiger partial charge in [-0.25, -0.2) is 14.2 Å². The van der Waals surface area contributed by atoms with Gasteiger partial charge in [0.15, 0.2) is 6.29 Å². The van der Waals surface area contributed by atoms with Crippen molar-refractivity contribution in [3.63, 3.8) is 0 Å². The van der Waals surface area contributed by atoms with Crippen molar-refractivity contribution in [2.24, 2.45) is 0 Å². The van der Waals surface area contributed by atoms with E-state index in [9.17, 15) is 9.13 Å². The van der Waals surface area contributed by atoms with Gasteiger partial charge in [-0.2, -0.15) is 0 Å². The minimum atomic E-state index is -4.78. The molecule has 15 heteroatoms. The van der Waals surface area contributed by atoms with Crippen LogP contribution in [0.1, 0.15) is 6.92 Å². The third-order valence-corrected chi connectivity index (χ3v) is 2.05. The van der Waals surface area contributed by atoms with Gasteiger partial charge in [0, 0.05) is 0 Å². The van der Waals surface area contributed by atoms with E-state index in [-0.39, 0.29) is 6.01 Å². The van der Waals surface area contributed by atoms with Gasteiger partial charge in [0.1, 0.15) is 0 Å². The molecule has 0 fully saturated rings. The molecule has 1 rings (SSSR count). The third kappa shape index (κ3) is 11.6. The number of aromatic nitrogens is 4. The Morgan fingerprint density at radius 1 is 1.17 bits per heavy atom. The number of hydrogen-bond donors (Lipinski definition) is 6. The molecular formula is C3H10N4O9P2. The number of rotatable bonds is 4. The van der Waals surface area contributed by atoms with Gasteiger partial charge in [-0.1, -0.05) is 5.10 Å². The van der Waals surface area contributed by atoms with Crippen LogP contribution >= 0.6 is 15.6 Å². The monoisotopic (exact) mass is 308 g/mol. The van der Waals surface area contributed by atoms with Crippen LogP contribution in [0.2, 0.25) is 0 Å². The Hall–Kier alpha value is -0.910. The summed E-state index contributed by atoms with van der Waals surface area (Å²) in [6, 6.07) is -0.255. The van der Waals surface area contributed by atoms with Crippen LogP contribution in [0.5, 0.6) is 6.01 Å². The maximum atomic E-state index is 10.1. The Bertz CT molecular complexity index is 399. The summed E-state index contributed by atoms with van der Waals surface area (Å²) in [6.45, 7) is 0.943. The minimum Gasteiger partial charge on any atom is -0.478 e. The van der Waals surface area contributed by atoms with E-state index in [4.69, 9.17) is 24.7 Å². The zero-order chi connectivity index (χ0) is 14.4. The molecule has 1 heterocycles. The summed E-state index contributed by atoms with van der Waals surface area (Å²) in [4.78, 5) is 32.6. The summed E-state index contributed by atoms with van der Waals surface area (Å²) in [5.41, 5.74) is 0. The highest BCUT2D eigenvalue weighted by atomic mass is 31.2. The largest absolute Gasteiger partial charge is 0.478 e. The summed E-state index contributed by atoms with van der Waals surface area (Å²) in [5.74, 6) is 0. The SMILES string of the molecule is CC(OP(=O)(O)O)OP(=O)(O)O.Oc1nnn[nH]1. The molecule has 0 aliphatic rings. The molecule has 1 aromatic rings. The van der Waals surface area contributed by atoms with Crippen molar-refractivity contribution in [3.05, 3.63) is 0 Å². The number of phosphoric ester groups is 2. The molecule has 0 saturated heterocycles. The molecule has 0 aliphatic heterocycles. The van der Waals surface area contributed by atoms with Crippen LogP contribution in [0.4, 0.5) is 0 Å². The first-order valence-corrected chi connectivity index (χ1v) is 6.96. The van der Waals surface area contributed by atoms with Gasteiger partial charge in [0.2, 0.25) is 0 Å². The van der Waals surface area contributed by atoms with Crippen molar-refractivity contribution in [3.8, 4) is 6.01 Å². The quantitative estimate of drug-likeness (QED) is 0.276. The number of hydrogen-bond acceptors (Lipinski definition) is 8. The van der Waals surface area contributed by atoms with Crippen molar-refractivity contribution >= 4 is 15.6 Å².